The molecule has 0 amide bonds. The van der Waals surface area contributed by atoms with E-state index in [1.807, 2.05) is 6.92 Å². The fraction of sp³-hybridized carbons (Fsp3) is 0.455. The molecule has 0 atom stereocenters. The molecule has 0 N–H and O–H groups in total. The second-order valence-electron chi connectivity index (χ2n) is 3.70. The molecule has 0 unspecified atom stereocenters. The second-order valence-corrected chi connectivity index (χ2v) is 4.41. The highest BCUT2D eigenvalue weighted by molar-refractivity contribution is 7.94. The lowest BCUT2D eigenvalue weighted by Crippen LogP contribution is -2.07. The quantitative estimate of drug-likeness (QED) is 0.348. The zero-order chi connectivity index (χ0) is 13.7. The molecule has 0 aliphatic heterocycles. The maximum atomic E-state index is 13.9. The van der Waals surface area contributed by atoms with Crippen LogP contribution in [0.25, 0.3) is 0 Å². The van der Waals surface area contributed by atoms with E-state index < -0.39 is 22.3 Å². The van der Waals surface area contributed by atoms with Gasteiger partial charge in [0.15, 0.2) is 11.6 Å². The van der Waals surface area contributed by atoms with Crippen molar-refractivity contribution in [2.75, 3.05) is 0 Å². The van der Waals surface area contributed by atoms with Crippen molar-refractivity contribution in [1.82, 2.24) is 0 Å². The first-order valence-corrected chi connectivity index (χ1v) is 6.07. The molecule has 0 aliphatic rings. The van der Waals surface area contributed by atoms with Gasteiger partial charge < -0.3 is 5.26 Å². The van der Waals surface area contributed by atoms with Crippen molar-refractivity contribution in [3.05, 3.63) is 28.6 Å². The molecule has 0 spiro atoms. The zero-order valence-corrected chi connectivity index (χ0v) is 10.7. The number of hydrogen-bond donors (Lipinski definition) is 0. The van der Waals surface area contributed by atoms with Crippen molar-refractivity contribution in [3.8, 4) is 0 Å². The van der Waals surface area contributed by atoms with E-state index in [9.17, 15) is 18.4 Å². The van der Waals surface area contributed by atoms with Crippen LogP contribution in [0.4, 0.5) is 13.2 Å². The molecule has 3 nitrogen and oxygen atoms in total. The lowest BCUT2D eigenvalue weighted by atomic mass is 10.0. The SMILES string of the molecule is CCCCc1c(F)c(C)c(SOO[O-])c(F)c1F. The van der Waals surface area contributed by atoms with Gasteiger partial charge in [-0.2, -0.15) is 4.33 Å². The van der Waals surface area contributed by atoms with E-state index >= 15 is 0 Å². The van der Waals surface area contributed by atoms with Crippen molar-refractivity contribution < 1.29 is 27.8 Å². The number of hydrogen-bond acceptors (Lipinski definition) is 4. The van der Waals surface area contributed by atoms with Gasteiger partial charge in [-0.1, -0.05) is 13.3 Å². The van der Waals surface area contributed by atoms with Crippen LogP contribution in [0.15, 0.2) is 4.90 Å². The molecule has 0 aliphatic carbocycles. The predicted molar refractivity (Wildman–Crippen MR) is 57.7 cm³/mol. The summed E-state index contributed by atoms with van der Waals surface area (Å²) in [6, 6.07) is 0. The van der Waals surface area contributed by atoms with E-state index in [2.05, 4.69) is 9.37 Å². The Labute approximate surface area is 107 Å². The van der Waals surface area contributed by atoms with Gasteiger partial charge in [0, 0.05) is 11.1 Å². The minimum absolute atomic E-state index is 0.109. The summed E-state index contributed by atoms with van der Waals surface area (Å²) >= 11 is 0.145. The van der Waals surface area contributed by atoms with E-state index in [1.165, 1.54) is 6.92 Å². The molecule has 1 rings (SSSR count). The molecular weight excluding hydrogens is 269 g/mol. The van der Waals surface area contributed by atoms with Crippen molar-refractivity contribution >= 4 is 12.0 Å². The Morgan fingerprint density at radius 2 is 1.83 bits per heavy atom. The molecular formula is C11H12F3O3S-. The highest BCUT2D eigenvalue weighted by atomic mass is 32.2. The first kappa shape index (κ1) is 15.3. The van der Waals surface area contributed by atoms with Crippen LogP contribution in [-0.4, -0.2) is 0 Å². The van der Waals surface area contributed by atoms with Crippen LogP contribution in [0.1, 0.15) is 30.9 Å². The zero-order valence-electron chi connectivity index (χ0n) is 9.89. The summed E-state index contributed by atoms with van der Waals surface area (Å²) in [5, 5.41) is 12.7. The van der Waals surface area contributed by atoms with Gasteiger partial charge in [-0.3, -0.25) is 5.04 Å². The van der Waals surface area contributed by atoms with Gasteiger partial charge in [-0.05, 0) is 19.8 Å². The predicted octanol–water partition coefficient (Wildman–Crippen LogP) is 2.99. The van der Waals surface area contributed by atoms with Crippen LogP contribution < -0.4 is 5.26 Å². The van der Waals surface area contributed by atoms with Crippen LogP contribution >= 0.6 is 12.0 Å². The van der Waals surface area contributed by atoms with Crippen LogP contribution in [-0.2, 0) is 15.8 Å². The normalized spacial score (nSPS) is 11.0. The molecule has 0 fully saturated rings. The Bertz CT molecular complexity index is 358. The molecule has 0 aromatic heterocycles. The van der Waals surface area contributed by atoms with E-state index in [1.54, 1.807) is 0 Å². The molecule has 0 radical (unpaired) electrons. The third kappa shape index (κ3) is 3.17. The van der Waals surface area contributed by atoms with Crippen LogP contribution in [0.3, 0.4) is 0 Å². The van der Waals surface area contributed by atoms with Gasteiger partial charge in [0.2, 0.25) is 0 Å². The average molecular weight is 281 g/mol. The first-order chi connectivity index (χ1) is 8.54. The van der Waals surface area contributed by atoms with Crippen LogP contribution in [0, 0.1) is 24.4 Å². The summed E-state index contributed by atoms with van der Waals surface area (Å²) < 4.78 is 45.1. The van der Waals surface area contributed by atoms with Gasteiger partial charge in [0.05, 0.1) is 16.9 Å². The van der Waals surface area contributed by atoms with Gasteiger partial charge in [0.25, 0.3) is 0 Å². The molecule has 1 aromatic rings. The van der Waals surface area contributed by atoms with Crippen molar-refractivity contribution in [2.45, 2.75) is 38.0 Å². The standard InChI is InChI=1S/C11H13F3O3S/c1-3-4-5-7-8(12)6(2)11(18-17-16-15)10(14)9(7)13/h15H,3-5H2,1-2H3/p-1. The molecule has 7 heteroatoms. The fourth-order valence-electron chi connectivity index (χ4n) is 1.54. The number of halogens is 3. The lowest BCUT2D eigenvalue weighted by molar-refractivity contribution is -0.777. The van der Waals surface area contributed by atoms with Crippen LogP contribution in [0.5, 0.6) is 0 Å². The second kappa shape index (κ2) is 6.98. The van der Waals surface area contributed by atoms with Gasteiger partial charge in [0.1, 0.15) is 5.82 Å². The molecule has 0 bridgehead atoms. The third-order valence-electron chi connectivity index (χ3n) is 2.52. The minimum Gasteiger partial charge on any atom is -0.691 e. The summed E-state index contributed by atoms with van der Waals surface area (Å²) in [6.45, 7) is 3.15. The molecule has 1 aromatic carbocycles. The average Bonchev–Trinajstić information content (AvgIpc) is 2.37. The monoisotopic (exact) mass is 281 g/mol. The first-order valence-electron chi connectivity index (χ1n) is 5.33. The Morgan fingerprint density at radius 1 is 1.17 bits per heavy atom. The minimum atomic E-state index is -1.25. The third-order valence-corrected chi connectivity index (χ3v) is 3.29. The number of unbranched alkanes of at least 4 members (excludes halogenated alkanes) is 1. The van der Waals surface area contributed by atoms with Crippen LogP contribution in [0.2, 0.25) is 0 Å². The van der Waals surface area contributed by atoms with Gasteiger partial charge >= 0.3 is 0 Å². The summed E-state index contributed by atoms with van der Waals surface area (Å²) in [4.78, 5) is -0.430. The summed E-state index contributed by atoms with van der Waals surface area (Å²) in [6.07, 6.45) is 1.42. The molecule has 0 saturated heterocycles. The van der Waals surface area contributed by atoms with Crippen molar-refractivity contribution in [2.24, 2.45) is 0 Å². The molecule has 0 heterocycles. The summed E-state index contributed by atoms with van der Waals surface area (Å²) in [7, 11) is 0. The Balaban J connectivity index is 3.18. The Kier molecular flexibility index (Phi) is 5.94. The number of benzene rings is 1. The van der Waals surface area contributed by atoms with Crippen molar-refractivity contribution in [3.63, 3.8) is 0 Å². The lowest BCUT2D eigenvalue weighted by Gasteiger charge is -2.13. The maximum Gasteiger partial charge on any atom is 0.175 e. The van der Waals surface area contributed by atoms with E-state index in [-0.39, 0.29) is 29.6 Å². The van der Waals surface area contributed by atoms with E-state index in [0.717, 1.165) is 6.42 Å². The van der Waals surface area contributed by atoms with E-state index in [0.29, 0.717) is 6.42 Å². The Hall–Kier alpha value is -0.760. The highest BCUT2D eigenvalue weighted by Gasteiger charge is 2.23. The molecule has 102 valence electrons. The smallest absolute Gasteiger partial charge is 0.175 e. The fourth-order valence-corrected chi connectivity index (χ4v) is 2.01. The van der Waals surface area contributed by atoms with Crippen molar-refractivity contribution in [1.29, 1.82) is 0 Å². The van der Waals surface area contributed by atoms with Gasteiger partial charge in [-0.25, -0.2) is 13.2 Å². The molecule has 0 saturated carbocycles. The largest absolute Gasteiger partial charge is 0.691 e. The summed E-state index contributed by atoms with van der Waals surface area (Å²) in [5.74, 6) is -3.30. The molecule has 18 heavy (non-hydrogen) atoms. The van der Waals surface area contributed by atoms with Gasteiger partial charge in [-0.15, -0.1) is 0 Å². The Morgan fingerprint density at radius 3 is 2.39 bits per heavy atom. The van der Waals surface area contributed by atoms with E-state index in [4.69, 9.17) is 0 Å². The highest BCUT2D eigenvalue weighted by Crippen LogP contribution is 2.33. The topological polar surface area (TPSA) is 41.5 Å². The maximum absolute atomic E-state index is 13.9. The number of rotatable bonds is 6. The summed E-state index contributed by atoms with van der Waals surface area (Å²) in [5.41, 5.74) is -0.388.